The minimum Gasteiger partial charge on any atom is -0.467 e. The molecule has 0 aromatic heterocycles. The maximum absolute atomic E-state index is 12.2. The first-order valence-corrected chi connectivity index (χ1v) is 6.61. The van der Waals surface area contributed by atoms with Gasteiger partial charge in [0.15, 0.2) is 0 Å². The molecule has 0 saturated carbocycles. The number of carbonyl (C=O) groups is 3. The average Bonchev–Trinajstić information content (AvgIpc) is 2.50. The van der Waals surface area contributed by atoms with Crippen LogP contribution in [0.25, 0.3) is 0 Å². The number of esters is 1. The Bertz CT molecular complexity index is 607. The van der Waals surface area contributed by atoms with Gasteiger partial charge in [0, 0.05) is 24.6 Å². The molecule has 0 aliphatic rings. The number of hydrogen-bond acceptors (Lipinski definition) is 5. The lowest BCUT2D eigenvalue weighted by atomic mass is 10.1. The van der Waals surface area contributed by atoms with E-state index in [9.17, 15) is 14.4 Å². The lowest BCUT2D eigenvalue weighted by Gasteiger charge is -2.15. The molecular formula is C15H17N3O4. The second kappa shape index (κ2) is 8.42. The molecule has 7 nitrogen and oxygen atoms in total. The third kappa shape index (κ3) is 5.25. The number of benzene rings is 1. The molecule has 0 bridgehead atoms. The molecule has 7 heteroatoms. The summed E-state index contributed by atoms with van der Waals surface area (Å²) in [5.41, 5.74) is 0.768. The minimum absolute atomic E-state index is 0.117. The van der Waals surface area contributed by atoms with Gasteiger partial charge in [-0.1, -0.05) is 6.07 Å². The number of ether oxygens (including phenoxy) is 1. The first-order valence-electron chi connectivity index (χ1n) is 6.61. The predicted molar refractivity (Wildman–Crippen MR) is 78.9 cm³/mol. The van der Waals surface area contributed by atoms with Crippen molar-refractivity contribution in [3.8, 4) is 6.07 Å². The van der Waals surface area contributed by atoms with Crippen molar-refractivity contribution >= 4 is 23.5 Å². The smallest absolute Gasteiger partial charge is 0.328 e. The van der Waals surface area contributed by atoms with Crippen molar-refractivity contribution in [2.75, 3.05) is 12.4 Å². The van der Waals surface area contributed by atoms with Crippen molar-refractivity contribution in [3.63, 3.8) is 0 Å². The van der Waals surface area contributed by atoms with Crippen LogP contribution in [0.2, 0.25) is 0 Å². The molecule has 0 spiro atoms. The second-order valence-corrected chi connectivity index (χ2v) is 4.51. The number of carbonyl (C=O) groups excluding carboxylic acids is 3. The lowest BCUT2D eigenvalue weighted by molar-refractivity contribution is -0.143. The van der Waals surface area contributed by atoms with E-state index >= 15 is 0 Å². The molecule has 0 aliphatic carbocycles. The molecule has 2 amide bonds. The highest BCUT2D eigenvalue weighted by Crippen LogP contribution is 2.11. The zero-order chi connectivity index (χ0) is 16.5. The molecule has 0 heterocycles. The Morgan fingerprint density at radius 2 is 2.09 bits per heavy atom. The lowest BCUT2D eigenvalue weighted by Crippen LogP contribution is -2.41. The average molecular weight is 303 g/mol. The molecule has 116 valence electrons. The van der Waals surface area contributed by atoms with Crippen LogP contribution < -0.4 is 10.6 Å². The summed E-state index contributed by atoms with van der Waals surface area (Å²) in [5, 5.41) is 13.7. The molecule has 0 fully saturated rings. The van der Waals surface area contributed by atoms with E-state index in [1.807, 2.05) is 6.07 Å². The number of rotatable bonds is 6. The number of amides is 2. The van der Waals surface area contributed by atoms with Gasteiger partial charge < -0.3 is 15.4 Å². The Morgan fingerprint density at radius 3 is 2.68 bits per heavy atom. The van der Waals surface area contributed by atoms with Gasteiger partial charge in [-0.05, 0) is 24.6 Å². The number of nitriles is 1. The molecule has 0 saturated heterocycles. The van der Waals surface area contributed by atoms with Gasteiger partial charge in [0.1, 0.15) is 6.04 Å². The summed E-state index contributed by atoms with van der Waals surface area (Å²) in [6, 6.07) is 7.34. The van der Waals surface area contributed by atoms with E-state index in [0.717, 1.165) is 0 Å². The quantitative estimate of drug-likeness (QED) is 0.768. The Hall–Kier alpha value is -2.88. The summed E-state index contributed by atoms with van der Waals surface area (Å²) < 4.78 is 4.60. The Kier molecular flexibility index (Phi) is 6.57. The summed E-state index contributed by atoms with van der Waals surface area (Å²) in [6.07, 6.45) is 0.284. The maximum atomic E-state index is 12.2. The van der Waals surface area contributed by atoms with Crippen molar-refractivity contribution in [3.05, 3.63) is 29.8 Å². The van der Waals surface area contributed by atoms with Gasteiger partial charge in [0.05, 0.1) is 13.2 Å². The number of hydrogen-bond donors (Lipinski definition) is 2. The van der Waals surface area contributed by atoms with Gasteiger partial charge in [-0.2, -0.15) is 5.26 Å². The van der Waals surface area contributed by atoms with Crippen LogP contribution in [-0.2, 0) is 14.3 Å². The summed E-state index contributed by atoms with van der Waals surface area (Å²) in [7, 11) is 1.21. The molecule has 0 radical (unpaired) electrons. The van der Waals surface area contributed by atoms with Crippen molar-refractivity contribution < 1.29 is 19.1 Å². The van der Waals surface area contributed by atoms with E-state index in [-0.39, 0.29) is 24.3 Å². The second-order valence-electron chi connectivity index (χ2n) is 4.51. The summed E-state index contributed by atoms with van der Waals surface area (Å²) >= 11 is 0. The first-order chi connectivity index (χ1) is 10.5. The highest BCUT2D eigenvalue weighted by molar-refractivity contribution is 5.98. The number of methoxy groups -OCH3 is 1. The van der Waals surface area contributed by atoms with Crippen LogP contribution in [0, 0.1) is 11.3 Å². The molecule has 1 aromatic carbocycles. The third-order valence-electron chi connectivity index (χ3n) is 2.78. The van der Waals surface area contributed by atoms with Gasteiger partial charge >= 0.3 is 5.97 Å². The van der Waals surface area contributed by atoms with Gasteiger partial charge in [0.2, 0.25) is 5.91 Å². The van der Waals surface area contributed by atoms with E-state index in [2.05, 4.69) is 15.4 Å². The molecule has 0 aliphatic heterocycles. The van der Waals surface area contributed by atoms with Crippen LogP contribution in [0.5, 0.6) is 0 Å². The number of nitrogens with zero attached hydrogens (tertiary/aromatic N) is 1. The van der Waals surface area contributed by atoms with Gasteiger partial charge in [-0.3, -0.25) is 9.59 Å². The SMILES string of the molecule is COC(=O)[C@H](CCC#N)NC(=O)c1cccc(NC(C)=O)c1. The molecule has 22 heavy (non-hydrogen) atoms. The van der Waals surface area contributed by atoms with Crippen molar-refractivity contribution in [2.24, 2.45) is 0 Å². The molecular weight excluding hydrogens is 286 g/mol. The Balaban J connectivity index is 2.83. The zero-order valence-electron chi connectivity index (χ0n) is 12.4. The van der Waals surface area contributed by atoms with Crippen LogP contribution in [0.4, 0.5) is 5.69 Å². The fourth-order valence-electron chi connectivity index (χ4n) is 1.78. The van der Waals surface area contributed by atoms with Crippen LogP contribution in [0.15, 0.2) is 24.3 Å². The van der Waals surface area contributed by atoms with E-state index < -0.39 is 17.9 Å². The monoisotopic (exact) mass is 303 g/mol. The van der Waals surface area contributed by atoms with Crippen molar-refractivity contribution in [2.45, 2.75) is 25.8 Å². The van der Waals surface area contributed by atoms with E-state index in [4.69, 9.17) is 5.26 Å². The normalized spacial score (nSPS) is 11.0. The Labute approximate surface area is 128 Å². The summed E-state index contributed by atoms with van der Waals surface area (Å²) in [5.74, 6) is -1.35. The predicted octanol–water partition coefficient (Wildman–Crippen LogP) is 1.22. The topological polar surface area (TPSA) is 108 Å². The standard InChI is InChI=1S/C15H17N3O4/c1-10(19)17-12-6-3-5-11(9-12)14(20)18-13(7-4-8-16)15(21)22-2/h3,5-6,9,13H,4,7H2,1-2H3,(H,17,19)(H,18,20)/t13-/m0/s1. The van der Waals surface area contributed by atoms with Crippen LogP contribution in [0.1, 0.15) is 30.1 Å². The van der Waals surface area contributed by atoms with Crippen molar-refractivity contribution in [1.29, 1.82) is 5.26 Å². The van der Waals surface area contributed by atoms with Crippen LogP contribution in [-0.4, -0.2) is 30.9 Å². The van der Waals surface area contributed by atoms with Gasteiger partial charge in [0.25, 0.3) is 5.91 Å². The highest BCUT2D eigenvalue weighted by Gasteiger charge is 2.21. The minimum atomic E-state index is -0.887. The van der Waals surface area contributed by atoms with Gasteiger partial charge in [-0.15, -0.1) is 0 Å². The maximum Gasteiger partial charge on any atom is 0.328 e. The van der Waals surface area contributed by atoms with E-state index in [1.54, 1.807) is 18.2 Å². The number of anilines is 1. The molecule has 1 atom stereocenters. The number of nitrogens with one attached hydrogen (secondary N) is 2. The largest absolute Gasteiger partial charge is 0.467 e. The van der Waals surface area contributed by atoms with Gasteiger partial charge in [-0.25, -0.2) is 4.79 Å². The van der Waals surface area contributed by atoms with Crippen LogP contribution >= 0.6 is 0 Å². The van der Waals surface area contributed by atoms with E-state index in [1.165, 1.54) is 20.1 Å². The third-order valence-corrected chi connectivity index (χ3v) is 2.78. The van der Waals surface area contributed by atoms with E-state index in [0.29, 0.717) is 5.69 Å². The zero-order valence-corrected chi connectivity index (χ0v) is 12.4. The molecule has 1 rings (SSSR count). The first kappa shape index (κ1) is 17.2. The van der Waals surface area contributed by atoms with Crippen molar-refractivity contribution in [1.82, 2.24) is 5.32 Å². The fraction of sp³-hybridized carbons (Fsp3) is 0.333. The highest BCUT2D eigenvalue weighted by atomic mass is 16.5. The fourth-order valence-corrected chi connectivity index (χ4v) is 1.78. The molecule has 0 unspecified atom stereocenters. The summed E-state index contributed by atoms with van der Waals surface area (Å²) in [4.78, 5) is 34.8. The summed E-state index contributed by atoms with van der Waals surface area (Å²) in [6.45, 7) is 1.36. The Morgan fingerprint density at radius 1 is 1.36 bits per heavy atom. The molecule has 1 aromatic rings. The molecule has 2 N–H and O–H groups in total. The van der Waals surface area contributed by atoms with Crippen LogP contribution in [0.3, 0.4) is 0 Å².